The molecule has 0 radical (unpaired) electrons. The summed E-state index contributed by atoms with van der Waals surface area (Å²) in [5.41, 5.74) is 1.30. The van der Waals surface area contributed by atoms with Crippen LogP contribution in [0.2, 0.25) is 0 Å². The minimum atomic E-state index is 0.640. The summed E-state index contributed by atoms with van der Waals surface area (Å²) in [5, 5.41) is 0. The van der Waals surface area contributed by atoms with E-state index in [-0.39, 0.29) is 0 Å². The molecule has 0 N–H and O–H groups in total. The van der Waals surface area contributed by atoms with E-state index in [1.54, 1.807) is 0 Å². The van der Waals surface area contributed by atoms with Gasteiger partial charge in [-0.05, 0) is 13.0 Å². The molecular weight excluding hydrogens is 292 g/mol. The van der Waals surface area contributed by atoms with Gasteiger partial charge in [-0.1, -0.05) is 0 Å². The Morgan fingerprint density at radius 3 is 2.83 bits per heavy atom. The number of rotatable bonds is 3. The van der Waals surface area contributed by atoms with Crippen LogP contribution in [0, 0.1) is 6.92 Å². The molecule has 0 bridgehead atoms. The molecule has 0 aromatic carbocycles. The van der Waals surface area contributed by atoms with Gasteiger partial charge in [-0.15, -0.1) is 0 Å². The van der Waals surface area contributed by atoms with Gasteiger partial charge in [-0.2, -0.15) is 0 Å². The molecular formula is C16H22N6O. The predicted molar refractivity (Wildman–Crippen MR) is 86.1 cm³/mol. The van der Waals surface area contributed by atoms with Crippen LogP contribution in [-0.2, 0) is 24.4 Å². The molecule has 23 heavy (non-hydrogen) atoms. The van der Waals surface area contributed by atoms with Crippen molar-refractivity contribution in [1.29, 1.82) is 0 Å². The van der Waals surface area contributed by atoms with Gasteiger partial charge in [0.1, 0.15) is 24.1 Å². The second-order valence-electron chi connectivity index (χ2n) is 6.10. The number of anilines is 1. The molecule has 4 heterocycles. The Morgan fingerprint density at radius 2 is 2.00 bits per heavy atom. The van der Waals surface area contributed by atoms with Gasteiger partial charge >= 0.3 is 0 Å². The van der Waals surface area contributed by atoms with Gasteiger partial charge in [0.15, 0.2) is 0 Å². The summed E-state index contributed by atoms with van der Waals surface area (Å²) in [7, 11) is 0. The first-order valence-electron chi connectivity index (χ1n) is 8.17. The summed E-state index contributed by atoms with van der Waals surface area (Å²) in [6.45, 7) is 9.33. The number of hydrogen-bond donors (Lipinski definition) is 0. The van der Waals surface area contributed by atoms with E-state index in [9.17, 15) is 0 Å². The molecule has 2 aliphatic heterocycles. The summed E-state index contributed by atoms with van der Waals surface area (Å²) >= 11 is 0. The Balaban J connectivity index is 1.37. The van der Waals surface area contributed by atoms with Crippen molar-refractivity contribution >= 4 is 5.82 Å². The van der Waals surface area contributed by atoms with E-state index >= 15 is 0 Å². The lowest BCUT2D eigenvalue weighted by atomic mass is 10.3. The number of ether oxygens (including phenoxy) is 1. The smallest absolute Gasteiger partial charge is 0.135 e. The molecule has 7 nitrogen and oxygen atoms in total. The first kappa shape index (κ1) is 14.6. The zero-order valence-electron chi connectivity index (χ0n) is 13.5. The van der Waals surface area contributed by atoms with Gasteiger partial charge in [0.25, 0.3) is 0 Å². The molecule has 1 saturated heterocycles. The highest BCUT2D eigenvalue weighted by atomic mass is 16.5. The number of aryl methyl sites for hydroxylation is 1. The Morgan fingerprint density at radius 1 is 1.13 bits per heavy atom. The quantitative estimate of drug-likeness (QED) is 0.836. The van der Waals surface area contributed by atoms with E-state index in [0.29, 0.717) is 6.61 Å². The van der Waals surface area contributed by atoms with Crippen LogP contribution in [0.5, 0.6) is 0 Å². The summed E-state index contributed by atoms with van der Waals surface area (Å²) in [5.74, 6) is 2.93. The maximum Gasteiger partial charge on any atom is 0.135 e. The van der Waals surface area contributed by atoms with Crippen LogP contribution in [0.25, 0.3) is 0 Å². The van der Waals surface area contributed by atoms with Gasteiger partial charge in [0.2, 0.25) is 0 Å². The number of hydrogen-bond acceptors (Lipinski definition) is 6. The molecule has 4 rings (SSSR count). The van der Waals surface area contributed by atoms with E-state index in [0.717, 1.165) is 63.3 Å². The lowest BCUT2D eigenvalue weighted by Gasteiger charge is -2.35. The molecule has 122 valence electrons. The number of aromatic nitrogens is 4. The van der Waals surface area contributed by atoms with E-state index in [4.69, 9.17) is 4.74 Å². The Hall–Kier alpha value is -1.99. The van der Waals surface area contributed by atoms with Crippen LogP contribution in [0.1, 0.15) is 17.3 Å². The van der Waals surface area contributed by atoms with Crippen LogP contribution >= 0.6 is 0 Å². The third-order valence-electron chi connectivity index (χ3n) is 4.55. The van der Waals surface area contributed by atoms with Gasteiger partial charge in [-0.3, -0.25) is 4.90 Å². The number of fused-ring (bicyclic) bond motifs is 1. The SMILES string of the molecule is Cc1nccc(N2CCN(Cc3cnc4n3CCOC4)CC2)n1. The maximum atomic E-state index is 5.46. The van der Waals surface area contributed by atoms with Crippen molar-refractivity contribution < 1.29 is 4.74 Å². The largest absolute Gasteiger partial charge is 0.372 e. The standard InChI is InChI=1S/C16H22N6O/c1-13-17-3-2-15(19-13)21-6-4-20(5-7-21)11-14-10-18-16-12-23-9-8-22(14)16/h2-3,10H,4-9,11-12H2,1H3. The van der Waals surface area contributed by atoms with Crippen LogP contribution in [-0.4, -0.2) is 57.2 Å². The molecule has 0 atom stereocenters. The van der Waals surface area contributed by atoms with E-state index in [1.165, 1.54) is 5.69 Å². The average Bonchev–Trinajstić information content (AvgIpc) is 2.99. The summed E-state index contributed by atoms with van der Waals surface area (Å²) in [4.78, 5) is 18.0. The van der Waals surface area contributed by atoms with Crippen LogP contribution in [0.3, 0.4) is 0 Å². The second-order valence-corrected chi connectivity index (χ2v) is 6.10. The van der Waals surface area contributed by atoms with Crippen molar-refractivity contribution in [2.75, 3.05) is 37.7 Å². The van der Waals surface area contributed by atoms with Gasteiger partial charge in [0.05, 0.1) is 12.3 Å². The summed E-state index contributed by atoms with van der Waals surface area (Å²) in [6.07, 6.45) is 3.84. The normalized spacial score (nSPS) is 18.9. The van der Waals surface area contributed by atoms with Crippen LogP contribution in [0.4, 0.5) is 5.82 Å². The maximum absolute atomic E-state index is 5.46. The average molecular weight is 314 g/mol. The fourth-order valence-corrected chi connectivity index (χ4v) is 3.27. The van der Waals surface area contributed by atoms with Gasteiger partial charge in [0, 0.05) is 51.7 Å². The molecule has 0 amide bonds. The fourth-order valence-electron chi connectivity index (χ4n) is 3.27. The van der Waals surface area contributed by atoms with Crippen molar-refractivity contribution in [3.63, 3.8) is 0 Å². The molecule has 7 heteroatoms. The molecule has 0 aliphatic carbocycles. The van der Waals surface area contributed by atoms with Gasteiger partial charge in [-0.25, -0.2) is 15.0 Å². The van der Waals surface area contributed by atoms with E-state index < -0.39 is 0 Å². The molecule has 0 unspecified atom stereocenters. The van der Waals surface area contributed by atoms with Crippen molar-refractivity contribution in [3.05, 3.63) is 35.8 Å². The zero-order chi connectivity index (χ0) is 15.6. The molecule has 2 aliphatic rings. The highest BCUT2D eigenvalue weighted by molar-refractivity contribution is 5.37. The van der Waals surface area contributed by atoms with E-state index in [1.807, 2.05) is 25.4 Å². The van der Waals surface area contributed by atoms with E-state index in [2.05, 4.69) is 29.3 Å². The third-order valence-corrected chi connectivity index (χ3v) is 4.55. The summed E-state index contributed by atoms with van der Waals surface area (Å²) < 4.78 is 7.77. The number of piperazine rings is 1. The highest BCUT2D eigenvalue weighted by Gasteiger charge is 2.21. The zero-order valence-corrected chi connectivity index (χ0v) is 13.5. The van der Waals surface area contributed by atoms with Crippen LogP contribution in [0.15, 0.2) is 18.5 Å². The van der Waals surface area contributed by atoms with Gasteiger partial charge < -0.3 is 14.2 Å². The van der Waals surface area contributed by atoms with Crippen molar-refractivity contribution in [2.45, 2.75) is 26.6 Å². The summed E-state index contributed by atoms with van der Waals surface area (Å²) in [6, 6.07) is 2.00. The lowest BCUT2D eigenvalue weighted by molar-refractivity contribution is 0.0795. The van der Waals surface area contributed by atoms with Crippen molar-refractivity contribution in [1.82, 2.24) is 24.4 Å². The highest BCUT2D eigenvalue weighted by Crippen LogP contribution is 2.17. The second kappa shape index (κ2) is 6.25. The monoisotopic (exact) mass is 314 g/mol. The lowest BCUT2D eigenvalue weighted by Crippen LogP contribution is -2.46. The number of imidazole rings is 1. The number of nitrogens with zero attached hydrogens (tertiary/aromatic N) is 6. The molecule has 1 fully saturated rings. The Kier molecular flexibility index (Phi) is 3.97. The minimum Gasteiger partial charge on any atom is -0.372 e. The first-order chi connectivity index (χ1) is 11.3. The third kappa shape index (κ3) is 3.07. The molecule has 0 saturated carbocycles. The predicted octanol–water partition coefficient (Wildman–Crippen LogP) is 0.834. The van der Waals surface area contributed by atoms with Crippen LogP contribution < -0.4 is 4.90 Å². The minimum absolute atomic E-state index is 0.640. The van der Waals surface area contributed by atoms with Crippen molar-refractivity contribution in [3.8, 4) is 0 Å². The van der Waals surface area contributed by atoms with Crippen molar-refractivity contribution in [2.24, 2.45) is 0 Å². The first-order valence-corrected chi connectivity index (χ1v) is 8.17. The topological polar surface area (TPSA) is 59.3 Å². The molecule has 0 spiro atoms. The Labute approximate surface area is 135 Å². The molecule has 2 aromatic rings. The Bertz CT molecular complexity index is 677. The molecule has 2 aromatic heterocycles. The fraction of sp³-hybridized carbons (Fsp3) is 0.562.